The number of carbonyl (C=O) groups excluding carboxylic acids is 2. The molecule has 0 saturated carbocycles. The molecule has 0 aliphatic heterocycles. The summed E-state index contributed by atoms with van der Waals surface area (Å²) in [6.45, 7) is 1.22. The second-order valence-electron chi connectivity index (χ2n) is 6.02. The number of nitrogens with one attached hydrogen (secondary N) is 1. The van der Waals surface area contributed by atoms with Gasteiger partial charge >= 0.3 is 5.97 Å². The molecule has 0 radical (unpaired) electrons. The summed E-state index contributed by atoms with van der Waals surface area (Å²) >= 11 is 0. The molecule has 1 amide bonds. The number of likely N-dealkylation sites (N-methyl/N-ethyl adjacent to an activating group) is 1. The van der Waals surface area contributed by atoms with Gasteiger partial charge in [0.15, 0.2) is 6.61 Å². The first-order valence-electron chi connectivity index (χ1n) is 8.38. The van der Waals surface area contributed by atoms with E-state index in [9.17, 15) is 22.4 Å². The van der Waals surface area contributed by atoms with Crippen LogP contribution in [0.15, 0.2) is 53.4 Å². The normalized spacial score (nSPS) is 12.3. The quantitative estimate of drug-likeness (QED) is 0.709. The first-order valence-corrected chi connectivity index (χ1v) is 9.86. The van der Waals surface area contributed by atoms with Crippen molar-refractivity contribution in [3.05, 3.63) is 65.5 Å². The Morgan fingerprint density at radius 1 is 1.18 bits per heavy atom. The van der Waals surface area contributed by atoms with Crippen molar-refractivity contribution in [3.8, 4) is 0 Å². The predicted molar refractivity (Wildman–Crippen MR) is 101 cm³/mol. The number of hydrogen-bond acceptors (Lipinski definition) is 5. The maximum Gasteiger partial charge on any atom is 0.341 e. The number of hydrogen-bond donors (Lipinski definition) is 1. The number of esters is 1. The number of amides is 1. The van der Waals surface area contributed by atoms with Crippen molar-refractivity contribution in [2.24, 2.45) is 0 Å². The summed E-state index contributed by atoms with van der Waals surface area (Å²) in [4.78, 5) is 25.6. The van der Waals surface area contributed by atoms with Gasteiger partial charge in [-0.1, -0.05) is 30.3 Å². The zero-order valence-electron chi connectivity index (χ0n) is 15.7. The molecule has 1 N–H and O–H groups in total. The molecule has 0 spiro atoms. The van der Waals surface area contributed by atoms with E-state index in [4.69, 9.17) is 4.74 Å². The maximum atomic E-state index is 13.9. The lowest BCUT2D eigenvalue weighted by Gasteiger charge is -2.25. The van der Waals surface area contributed by atoms with E-state index in [-0.39, 0.29) is 10.9 Å². The molecule has 0 bridgehead atoms. The molecule has 2 aromatic rings. The van der Waals surface area contributed by atoms with E-state index in [2.05, 4.69) is 4.72 Å². The van der Waals surface area contributed by atoms with Gasteiger partial charge in [-0.2, -0.15) is 0 Å². The molecule has 1 atom stereocenters. The van der Waals surface area contributed by atoms with Gasteiger partial charge < -0.3 is 9.64 Å². The monoisotopic (exact) mass is 408 g/mol. The minimum absolute atomic E-state index is 0.256. The highest BCUT2D eigenvalue weighted by Crippen LogP contribution is 2.19. The van der Waals surface area contributed by atoms with Gasteiger partial charge in [0.1, 0.15) is 5.82 Å². The summed E-state index contributed by atoms with van der Waals surface area (Å²) in [5.41, 5.74) is 0.337. The SMILES string of the molecule is CNS(=O)(=O)c1ccc(F)c(C(=O)OCC(=O)N(C)C(C)c2ccccc2)c1. The van der Waals surface area contributed by atoms with Gasteiger partial charge in [-0.15, -0.1) is 0 Å². The maximum absolute atomic E-state index is 13.9. The second-order valence-corrected chi connectivity index (χ2v) is 7.90. The van der Waals surface area contributed by atoms with Crippen LogP contribution in [0.4, 0.5) is 4.39 Å². The van der Waals surface area contributed by atoms with Crippen LogP contribution in [0.25, 0.3) is 0 Å². The standard InChI is InChI=1S/C19H21FN2O5S/c1-13(14-7-5-4-6-8-14)22(3)18(23)12-27-19(24)16-11-15(9-10-17(16)20)28(25,26)21-2/h4-11,13,21H,12H2,1-3H3. The van der Waals surface area contributed by atoms with Crippen LogP contribution in [-0.2, 0) is 19.6 Å². The number of carbonyl (C=O) groups is 2. The Morgan fingerprint density at radius 3 is 2.43 bits per heavy atom. The van der Waals surface area contributed by atoms with Crippen LogP contribution in [0.2, 0.25) is 0 Å². The summed E-state index contributed by atoms with van der Waals surface area (Å²) in [5.74, 6) is -2.55. The van der Waals surface area contributed by atoms with Crippen LogP contribution in [0.5, 0.6) is 0 Å². The molecule has 28 heavy (non-hydrogen) atoms. The number of benzene rings is 2. The van der Waals surface area contributed by atoms with Gasteiger partial charge in [0.25, 0.3) is 5.91 Å². The molecular weight excluding hydrogens is 387 g/mol. The van der Waals surface area contributed by atoms with Crippen molar-refractivity contribution in [2.75, 3.05) is 20.7 Å². The lowest BCUT2D eigenvalue weighted by atomic mass is 10.1. The first-order chi connectivity index (χ1) is 13.2. The highest BCUT2D eigenvalue weighted by Gasteiger charge is 2.22. The van der Waals surface area contributed by atoms with E-state index in [1.807, 2.05) is 37.3 Å². The van der Waals surface area contributed by atoms with Gasteiger partial charge in [-0.05, 0) is 37.7 Å². The number of nitrogens with zero attached hydrogens (tertiary/aromatic N) is 1. The van der Waals surface area contributed by atoms with E-state index in [1.165, 1.54) is 11.9 Å². The predicted octanol–water partition coefficient (Wildman–Crippen LogP) is 2.11. The minimum Gasteiger partial charge on any atom is -0.452 e. The van der Waals surface area contributed by atoms with Gasteiger partial charge in [0.05, 0.1) is 16.5 Å². The average molecular weight is 408 g/mol. The lowest BCUT2D eigenvalue weighted by molar-refractivity contribution is -0.135. The third-order valence-electron chi connectivity index (χ3n) is 4.32. The van der Waals surface area contributed by atoms with Crippen molar-refractivity contribution in [1.29, 1.82) is 0 Å². The summed E-state index contributed by atoms with van der Waals surface area (Å²) in [5, 5.41) is 0. The van der Waals surface area contributed by atoms with Gasteiger partial charge in [0.2, 0.25) is 10.0 Å². The van der Waals surface area contributed by atoms with E-state index < -0.39 is 39.9 Å². The molecule has 1 unspecified atom stereocenters. The van der Waals surface area contributed by atoms with E-state index >= 15 is 0 Å². The molecule has 0 fully saturated rings. The minimum atomic E-state index is -3.86. The van der Waals surface area contributed by atoms with Crippen LogP contribution >= 0.6 is 0 Å². The van der Waals surface area contributed by atoms with Crippen LogP contribution in [0.3, 0.4) is 0 Å². The molecular formula is C19H21FN2O5S. The van der Waals surface area contributed by atoms with Crippen molar-refractivity contribution >= 4 is 21.9 Å². The third kappa shape index (κ3) is 4.93. The zero-order chi connectivity index (χ0) is 20.9. The molecule has 2 aromatic carbocycles. The van der Waals surface area contributed by atoms with E-state index in [0.717, 1.165) is 23.8 Å². The molecule has 9 heteroatoms. The summed E-state index contributed by atoms with van der Waals surface area (Å²) in [6, 6.07) is 11.8. The lowest BCUT2D eigenvalue weighted by Crippen LogP contribution is -2.33. The fourth-order valence-electron chi connectivity index (χ4n) is 2.42. The second kappa shape index (κ2) is 8.94. The number of halogens is 1. The highest BCUT2D eigenvalue weighted by molar-refractivity contribution is 7.89. The van der Waals surface area contributed by atoms with Crippen molar-refractivity contribution < 1.29 is 27.1 Å². The number of rotatable bonds is 7. The Labute approximate surface area is 163 Å². The van der Waals surface area contributed by atoms with E-state index in [0.29, 0.717) is 0 Å². The third-order valence-corrected chi connectivity index (χ3v) is 5.73. The largest absolute Gasteiger partial charge is 0.452 e. The summed E-state index contributed by atoms with van der Waals surface area (Å²) in [7, 11) is -1.10. The number of sulfonamides is 1. The highest BCUT2D eigenvalue weighted by atomic mass is 32.2. The molecule has 0 aliphatic carbocycles. The van der Waals surface area contributed by atoms with Crippen LogP contribution in [0, 0.1) is 5.82 Å². The first kappa shape index (κ1) is 21.5. The van der Waals surface area contributed by atoms with Gasteiger partial charge in [0, 0.05) is 7.05 Å². The Morgan fingerprint density at radius 2 is 1.82 bits per heavy atom. The smallest absolute Gasteiger partial charge is 0.341 e. The van der Waals surface area contributed by atoms with Gasteiger partial charge in [-0.25, -0.2) is 22.3 Å². The number of ether oxygens (including phenoxy) is 1. The molecule has 2 rings (SSSR count). The van der Waals surface area contributed by atoms with E-state index in [1.54, 1.807) is 7.05 Å². The fourth-order valence-corrected chi connectivity index (χ4v) is 3.18. The van der Waals surface area contributed by atoms with Crippen LogP contribution in [0.1, 0.15) is 28.9 Å². The molecule has 0 aliphatic rings. The van der Waals surface area contributed by atoms with Crippen molar-refractivity contribution in [3.63, 3.8) is 0 Å². The Kier molecular flexibility index (Phi) is 6.87. The van der Waals surface area contributed by atoms with Crippen molar-refractivity contribution in [1.82, 2.24) is 9.62 Å². The van der Waals surface area contributed by atoms with Crippen LogP contribution < -0.4 is 4.72 Å². The zero-order valence-corrected chi connectivity index (χ0v) is 16.5. The van der Waals surface area contributed by atoms with Gasteiger partial charge in [-0.3, -0.25) is 4.79 Å². The van der Waals surface area contributed by atoms with Crippen molar-refractivity contribution in [2.45, 2.75) is 17.9 Å². The Balaban J connectivity index is 2.07. The Bertz CT molecular complexity index is 964. The fraction of sp³-hybridized carbons (Fsp3) is 0.263. The molecule has 0 saturated heterocycles. The Hall–Kier alpha value is -2.78. The average Bonchev–Trinajstić information content (AvgIpc) is 2.71. The van der Waals surface area contributed by atoms with Crippen LogP contribution in [-0.4, -0.2) is 45.9 Å². The topological polar surface area (TPSA) is 92.8 Å². The molecule has 150 valence electrons. The molecule has 0 aromatic heterocycles. The summed E-state index contributed by atoms with van der Waals surface area (Å²) < 4.78 is 44.5. The molecule has 0 heterocycles. The molecule has 7 nitrogen and oxygen atoms in total. The summed E-state index contributed by atoms with van der Waals surface area (Å²) in [6.07, 6.45) is 0.